The number of hydrogen-bond acceptors (Lipinski definition) is 2. The zero-order chi connectivity index (χ0) is 10.7. The SMILES string of the molecule is N#CC(C(=O)CC1CC1)c1ccccc1. The fourth-order valence-corrected chi connectivity index (χ4v) is 1.70. The summed E-state index contributed by atoms with van der Waals surface area (Å²) in [6, 6.07) is 11.4. The molecule has 0 radical (unpaired) electrons. The summed E-state index contributed by atoms with van der Waals surface area (Å²) in [4.78, 5) is 11.8. The molecular formula is C13H13NO. The summed E-state index contributed by atoms with van der Waals surface area (Å²) in [5.74, 6) is 0.0649. The molecule has 1 aliphatic rings. The number of carbonyl (C=O) groups excluding carboxylic acids is 1. The van der Waals surface area contributed by atoms with Crippen LogP contribution in [0.25, 0.3) is 0 Å². The van der Waals surface area contributed by atoms with Gasteiger partial charge >= 0.3 is 0 Å². The molecule has 0 aromatic heterocycles. The predicted molar refractivity (Wildman–Crippen MR) is 57.1 cm³/mol. The topological polar surface area (TPSA) is 40.9 Å². The van der Waals surface area contributed by atoms with Gasteiger partial charge in [-0.1, -0.05) is 30.3 Å². The Kier molecular flexibility index (Phi) is 2.82. The van der Waals surface area contributed by atoms with Crippen molar-refractivity contribution in [1.29, 1.82) is 5.26 Å². The molecular weight excluding hydrogens is 186 g/mol. The van der Waals surface area contributed by atoms with Crippen LogP contribution < -0.4 is 0 Å². The van der Waals surface area contributed by atoms with Crippen molar-refractivity contribution in [1.82, 2.24) is 0 Å². The fourth-order valence-electron chi connectivity index (χ4n) is 1.70. The van der Waals surface area contributed by atoms with Crippen molar-refractivity contribution in [3.8, 4) is 6.07 Å². The van der Waals surface area contributed by atoms with Crippen molar-refractivity contribution in [2.75, 3.05) is 0 Å². The van der Waals surface area contributed by atoms with Crippen LogP contribution in [-0.2, 0) is 4.79 Å². The van der Waals surface area contributed by atoms with Gasteiger partial charge in [0.05, 0.1) is 6.07 Å². The fraction of sp³-hybridized carbons (Fsp3) is 0.385. The maximum absolute atomic E-state index is 11.8. The Labute approximate surface area is 89.5 Å². The second-order valence-corrected chi connectivity index (χ2v) is 4.09. The Morgan fingerprint density at radius 1 is 1.40 bits per heavy atom. The largest absolute Gasteiger partial charge is 0.298 e. The highest BCUT2D eigenvalue weighted by atomic mass is 16.1. The van der Waals surface area contributed by atoms with Crippen LogP contribution in [-0.4, -0.2) is 5.78 Å². The van der Waals surface area contributed by atoms with E-state index in [1.807, 2.05) is 30.3 Å². The second-order valence-electron chi connectivity index (χ2n) is 4.09. The van der Waals surface area contributed by atoms with Crippen molar-refractivity contribution in [3.63, 3.8) is 0 Å². The van der Waals surface area contributed by atoms with E-state index in [1.54, 1.807) is 0 Å². The molecule has 1 atom stereocenters. The van der Waals surface area contributed by atoms with E-state index in [2.05, 4.69) is 6.07 Å². The van der Waals surface area contributed by atoms with Crippen LogP contribution in [0, 0.1) is 17.2 Å². The molecule has 0 N–H and O–H groups in total. The molecule has 76 valence electrons. The van der Waals surface area contributed by atoms with E-state index in [-0.39, 0.29) is 5.78 Å². The van der Waals surface area contributed by atoms with Gasteiger partial charge in [0.15, 0.2) is 5.78 Å². The molecule has 1 aliphatic carbocycles. The number of Topliss-reactive ketones (excluding diaryl/α,β-unsaturated/α-hetero) is 1. The quantitative estimate of drug-likeness (QED) is 0.748. The van der Waals surface area contributed by atoms with Crippen molar-refractivity contribution in [2.24, 2.45) is 5.92 Å². The van der Waals surface area contributed by atoms with Gasteiger partial charge < -0.3 is 0 Å². The van der Waals surface area contributed by atoms with Gasteiger partial charge in [0.2, 0.25) is 0 Å². The number of hydrogen-bond donors (Lipinski definition) is 0. The van der Waals surface area contributed by atoms with Crippen molar-refractivity contribution in [2.45, 2.75) is 25.2 Å². The number of ketones is 1. The third-order valence-corrected chi connectivity index (χ3v) is 2.77. The third kappa shape index (κ3) is 2.44. The predicted octanol–water partition coefficient (Wildman–Crippen LogP) is 2.66. The van der Waals surface area contributed by atoms with Gasteiger partial charge in [-0.15, -0.1) is 0 Å². The Hall–Kier alpha value is -1.62. The Balaban J connectivity index is 2.10. The standard InChI is InChI=1S/C13H13NO/c14-9-12(11-4-2-1-3-5-11)13(15)8-10-6-7-10/h1-5,10,12H,6-8H2. The summed E-state index contributed by atoms with van der Waals surface area (Å²) in [5, 5.41) is 9.01. The van der Waals surface area contributed by atoms with Gasteiger partial charge in [0.1, 0.15) is 5.92 Å². The highest BCUT2D eigenvalue weighted by molar-refractivity contribution is 5.88. The van der Waals surface area contributed by atoms with E-state index in [1.165, 1.54) is 0 Å². The van der Waals surface area contributed by atoms with Gasteiger partial charge in [0, 0.05) is 6.42 Å². The molecule has 15 heavy (non-hydrogen) atoms. The zero-order valence-electron chi connectivity index (χ0n) is 8.52. The molecule has 0 heterocycles. The molecule has 1 saturated carbocycles. The maximum atomic E-state index is 11.8. The first-order chi connectivity index (χ1) is 7.31. The normalized spacial score (nSPS) is 16.7. The molecule has 2 nitrogen and oxygen atoms in total. The van der Waals surface area contributed by atoms with E-state index in [9.17, 15) is 4.79 Å². The van der Waals surface area contributed by atoms with E-state index in [0.717, 1.165) is 18.4 Å². The first-order valence-electron chi connectivity index (χ1n) is 5.28. The van der Waals surface area contributed by atoms with Crippen LogP contribution in [0.3, 0.4) is 0 Å². The lowest BCUT2D eigenvalue weighted by Crippen LogP contribution is -2.11. The van der Waals surface area contributed by atoms with E-state index >= 15 is 0 Å². The number of nitrogens with zero attached hydrogens (tertiary/aromatic N) is 1. The summed E-state index contributed by atoms with van der Waals surface area (Å²) >= 11 is 0. The number of nitriles is 1. The van der Waals surface area contributed by atoms with Gasteiger partial charge in [-0.05, 0) is 24.3 Å². The van der Waals surface area contributed by atoms with Crippen molar-refractivity contribution >= 4 is 5.78 Å². The summed E-state index contributed by atoms with van der Waals surface area (Å²) in [6.45, 7) is 0. The highest BCUT2D eigenvalue weighted by Crippen LogP contribution is 2.34. The van der Waals surface area contributed by atoms with Crippen molar-refractivity contribution < 1.29 is 4.79 Å². The van der Waals surface area contributed by atoms with Crippen LogP contribution >= 0.6 is 0 Å². The van der Waals surface area contributed by atoms with Crippen LogP contribution in [0.1, 0.15) is 30.7 Å². The third-order valence-electron chi connectivity index (χ3n) is 2.77. The highest BCUT2D eigenvalue weighted by Gasteiger charge is 2.28. The monoisotopic (exact) mass is 199 g/mol. The molecule has 0 aliphatic heterocycles. The van der Waals surface area contributed by atoms with E-state index in [0.29, 0.717) is 12.3 Å². The smallest absolute Gasteiger partial charge is 0.154 e. The first-order valence-corrected chi connectivity index (χ1v) is 5.28. The van der Waals surface area contributed by atoms with E-state index < -0.39 is 5.92 Å². The minimum absolute atomic E-state index is 0.0752. The van der Waals surface area contributed by atoms with Crippen LogP contribution in [0.2, 0.25) is 0 Å². The molecule has 0 saturated heterocycles. The molecule has 2 heteroatoms. The molecule has 0 bridgehead atoms. The Morgan fingerprint density at radius 2 is 2.07 bits per heavy atom. The molecule has 1 fully saturated rings. The molecule has 1 unspecified atom stereocenters. The average molecular weight is 199 g/mol. The first kappa shape index (κ1) is 9.92. The van der Waals surface area contributed by atoms with Crippen LogP contribution in [0.4, 0.5) is 0 Å². The molecule has 1 aromatic carbocycles. The second kappa shape index (κ2) is 4.27. The van der Waals surface area contributed by atoms with Gasteiger partial charge in [0.25, 0.3) is 0 Å². The lowest BCUT2D eigenvalue weighted by molar-refractivity contribution is -0.119. The average Bonchev–Trinajstić information content (AvgIpc) is 3.04. The van der Waals surface area contributed by atoms with Crippen LogP contribution in [0.5, 0.6) is 0 Å². The van der Waals surface area contributed by atoms with Gasteiger partial charge in [-0.25, -0.2) is 0 Å². The summed E-state index contributed by atoms with van der Waals surface area (Å²) < 4.78 is 0. The molecule has 2 rings (SSSR count). The summed E-state index contributed by atoms with van der Waals surface area (Å²) in [5.41, 5.74) is 0.825. The summed E-state index contributed by atoms with van der Waals surface area (Å²) in [7, 11) is 0. The van der Waals surface area contributed by atoms with Gasteiger partial charge in [-0.3, -0.25) is 4.79 Å². The van der Waals surface area contributed by atoms with Crippen molar-refractivity contribution in [3.05, 3.63) is 35.9 Å². The minimum Gasteiger partial charge on any atom is -0.298 e. The Bertz CT molecular complexity index is 387. The number of benzene rings is 1. The molecule has 0 spiro atoms. The summed E-state index contributed by atoms with van der Waals surface area (Å²) in [6.07, 6.45) is 2.88. The maximum Gasteiger partial charge on any atom is 0.154 e. The Morgan fingerprint density at radius 3 is 2.60 bits per heavy atom. The van der Waals surface area contributed by atoms with E-state index in [4.69, 9.17) is 5.26 Å². The van der Waals surface area contributed by atoms with Crippen LogP contribution in [0.15, 0.2) is 30.3 Å². The number of rotatable bonds is 4. The number of carbonyl (C=O) groups is 1. The van der Waals surface area contributed by atoms with Gasteiger partial charge in [-0.2, -0.15) is 5.26 Å². The molecule has 1 aromatic rings. The lowest BCUT2D eigenvalue weighted by Gasteiger charge is -2.07. The lowest BCUT2D eigenvalue weighted by atomic mass is 9.93. The zero-order valence-corrected chi connectivity index (χ0v) is 8.52. The molecule has 0 amide bonds. The minimum atomic E-state index is -0.563.